The number of nitrogens with one attached hydrogen (secondary N) is 1. The molecule has 2 amide bonds. The van der Waals surface area contributed by atoms with Gasteiger partial charge in [-0.05, 0) is 41.8 Å². The number of likely N-dealkylation sites (N-methyl/N-ethyl adjacent to an activating group) is 1. The van der Waals surface area contributed by atoms with Gasteiger partial charge in [0.2, 0.25) is 11.8 Å². The minimum absolute atomic E-state index is 0.160. The maximum Gasteiger partial charge on any atom is 0.246 e. The van der Waals surface area contributed by atoms with Gasteiger partial charge < -0.3 is 10.2 Å². The van der Waals surface area contributed by atoms with Gasteiger partial charge in [0, 0.05) is 19.3 Å². The summed E-state index contributed by atoms with van der Waals surface area (Å²) in [5.74, 6) is -0.156. The second-order valence-electron chi connectivity index (χ2n) is 6.66. The molecule has 2 aromatic rings. The van der Waals surface area contributed by atoms with Crippen molar-refractivity contribution in [1.29, 1.82) is 0 Å². The Labute approximate surface area is 177 Å². The van der Waals surface area contributed by atoms with Crippen molar-refractivity contribution in [2.75, 3.05) is 12.8 Å². The Bertz CT molecular complexity index is 879. The van der Waals surface area contributed by atoms with E-state index in [4.69, 9.17) is 23.2 Å². The van der Waals surface area contributed by atoms with E-state index in [0.717, 1.165) is 11.1 Å². The van der Waals surface area contributed by atoms with Crippen molar-refractivity contribution in [3.8, 4) is 0 Å². The van der Waals surface area contributed by atoms with Crippen molar-refractivity contribution in [1.82, 2.24) is 10.2 Å². The molecule has 1 fully saturated rings. The molecule has 0 aromatic heterocycles. The van der Waals surface area contributed by atoms with E-state index in [-0.39, 0.29) is 22.9 Å². The first-order chi connectivity index (χ1) is 13.3. The number of carbonyl (C=O) groups excluding carboxylic acids is 2. The Morgan fingerprint density at radius 1 is 1.18 bits per heavy atom. The van der Waals surface area contributed by atoms with E-state index in [9.17, 15) is 14.0 Å². The van der Waals surface area contributed by atoms with Gasteiger partial charge in [0.15, 0.2) is 0 Å². The second kappa shape index (κ2) is 9.16. The lowest BCUT2D eigenvalue weighted by molar-refractivity contribution is -0.135. The quantitative estimate of drug-likeness (QED) is 0.765. The minimum Gasteiger partial charge on any atom is -0.343 e. The summed E-state index contributed by atoms with van der Waals surface area (Å²) in [6.07, 6.45) is 0.497. The molecule has 28 heavy (non-hydrogen) atoms. The van der Waals surface area contributed by atoms with Crippen molar-refractivity contribution < 1.29 is 14.0 Å². The monoisotopic (exact) mass is 440 g/mol. The molecule has 0 bridgehead atoms. The highest BCUT2D eigenvalue weighted by molar-refractivity contribution is 8.00. The lowest BCUT2D eigenvalue weighted by Gasteiger charge is -2.31. The van der Waals surface area contributed by atoms with Crippen molar-refractivity contribution in [2.45, 2.75) is 24.3 Å². The van der Waals surface area contributed by atoms with Gasteiger partial charge in [-0.2, -0.15) is 0 Å². The van der Waals surface area contributed by atoms with E-state index in [0.29, 0.717) is 28.8 Å². The molecule has 2 aromatic carbocycles. The average molecular weight is 441 g/mol. The van der Waals surface area contributed by atoms with Crippen molar-refractivity contribution in [3.63, 3.8) is 0 Å². The first-order valence-corrected chi connectivity index (χ1v) is 10.5. The molecule has 148 valence electrons. The van der Waals surface area contributed by atoms with Crippen molar-refractivity contribution in [2.24, 2.45) is 0 Å². The minimum atomic E-state index is -0.574. The molecule has 4 nitrogen and oxygen atoms in total. The zero-order chi connectivity index (χ0) is 20.3. The molecule has 3 rings (SSSR count). The number of hydrogen-bond donors (Lipinski definition) is 1. The van der Waals surface area contributed by atoms with E-state index in [1.807, 2.05) is 6.07 Å². The number of halogens is 3. The number of carbonyl (C=O) groups is 2. The Hall–Kier alpha value is -1.76. The van der Waals surface area contributed by atoms with Crippen LogP contribution in [0.1, 0.15) is 11.1 Å². The van der Waals surface area contributed by atoms with Crippen LogP contribution >= 0.6 is 35.0 Å². The van der Waals surface area contributed by atoms with E-state index >= 15 is 0 Å². The highest BCUT2D eigenvalue weighted by Crippen LogP contribution is 2.25. The lowest BCUT2D eigenvalue weighted by Crippen LogP contribution is -2.54. The molecule has 2 unspecified atom stereocenters. The van der Waals surface area contributed by atoms with Crippen LogP contribution in [0.15, 0.2) is 42.5 Å². The predicted octanol–water partition coefficient (Wildman–Crippen LogP) is 3.93. The highest BCUT2D eigenvalue weighted by atomic mass is 35.5. The Kier molecular flexibility index (Phi) is 6.86. The molecule has 0 aliphatic carbocycles. The summed E-state index contributed by atoms with van der Waals surface area (Å²) in [5, 5.41) is 3.41. The molecule has 8 heteroatoms. The van der Waals surface area contributed by atoms with E-state index in [1.165, 1.54) is 23.9 Å². The molecule has 1 N–H and O–H groups in total. The first kappa shape index (κ1) is 21.0. The summed E-state index contributed by atoms with van der Waals surface area (Å²) >= 11 is 13.4. The fourth-order valence-corrected chi connectivity index (χ4v) is 4.47. The summed E-state index contributed by atoms with van der Waals surface area (Å²) in [6, 6.07) is 10.8. The Morgan fingerprint density at radius 2 is 1.86 bits per heavy atom. The van der Waals surface area contributed by atoms with Crippen LogP contribution < -0.4 is 5.32 Å². The van der Waals surface area contributed by atoms with Crippen LogP contribution in [0.25, 0.3) is 0 Å². The van der Waals surface area contributed by atoms with Crippen LogP contribution in [0.4, 0.5) is 4.39 Å². The smallest absolute Gasteiger partial charge is 0.246 e. The largest absolute Gasteiger partial charge is 0.343 e. The van der Waals surface area contributed by atoms with E-state index < -0.39 is 6.04 Å². The molecule has 0 radical (unpaired) electrons. The van der Waals surface area contributed by atoms with E-state index in [1.54, 1.807) is 36.2 Å². The van der Waals surface area contributed by atoms with Crippen LogP contribution in [0.3, 0.4) is 0 Å². The van der Waals surface area contributed by atoms with Crippen LogP contribution in [0.5, 0.6) is 0 Å². The van der Waals surface area contributed by atoms with Gasteiger partial charge in [0.05, 0.1) is 15.3 Å². The van der Waals surface area contributed by atoms with Crippen LogP contribution in [-0.2, 0) is 22.6 Å². The van der Waals surface area contributed by atoms with Gasteiger partial charge in [-0.15, -0.1) is 11.8 Å². The third kappa shape index (κ3) is 5.19. The number of amides is 2. The fraction of sp³-hybridized carbons (Fsp3) is 0.300. The Morgan fingerprint density at radius 3 is 2.50 bits per heavy atom. The zero-order valence-corrected chi connectivity index (χ0v) is 17.5. The van der Waals surface area contributed by atoms with Crippen LogP contribution in [0.2, 0.25) is 10.0 Å². The number of thioether (sulfide) groups is 1. The molecular formula is C20H19Cl2FN2O2S. The van der Waals surface area contributed by atoms with Gasteiger partial charge in [-0.1, -0.05) is 41.4 Å². The van der Waals surface area contributed by atoms with Crippen molar-refractivity contribution in [3.05, 3.63) is 69.5 Å². The zero-order valence-electron chi connectivity index (χ0n) is 15.1. The van der Waals surface area contributed by atoms with Gasteiger partial charge in [-0.25, -0.2) is 4.39 Å². The second-order valence-corrected chi connectivity index (χ2v) is 8.71. The predicted molar refractivity (Wildman–Crippen MR) is 111 cm³/mol. The summed E-state index contributed by atoms with van der Waals surface area (Å²) in [5.41, 5.74) is 1.74. The van der Waals surface area contributed by atoms with Gasteiger partial charge in [0.1, 0.15) is 11.9 Å². The molecule has 2 atom stereocenters. The summed E-state index contributed by atoms with van der Waals surface area (Å²) < 4.78 is 13.0. The third-order valence-electron chi connectivity index (χ3n) is 4.49. The Balaban J connectivity index is 1.56. The summed E-state index contributed by atoms with van der Waals surface area (Å²) in [4.78, 5) is 26.7. The van der Waals surface area contributed by atoms with Gasteiger partial charge in [-0.3, -0.25) is 9.59 Å². The normalized spacial score (nSPS) is 19.2. The van der Waals surface area contributed by atoms with Gasteiger partial charge >= 0.3 is 0 Å². The maximum absolute atomic E-state index is 13.0. The topological polar surface area (TPSA) is 49.4 Å². The third-order valence-corrected chi connectivity index (χ3v) is 6.53. The SMILES string of the molecule is CN(Cc1ccc(Cl)c(Cl)c1)C(=O)C1CSC(Cc2ccc(F)cc2)C(=O)N1. The first-order valence-electron chi connectivity index (χ1n) is 8.69. The lowest BCUT2D eigenvalue weighted by atomic mass is 10.1. The number of rotatable bonds is 5. The maximum atomic E-state index is 13.0. The molecule has 0 spiro atoms. The van der Waals surface area contributed by atoms with E-state index in [2.05, 4.69) is 5.32 Å². The molecule has 1 heterocycles. The molecule has 1 aliphatic heterocycles. The molecule has 1 saturated heterocycles. The molecule has 0 saturated carbocycles. The summed E-state index contributed by atoms with van der Waals surface area (Å²) in [6.45, 7) is 0.367. The number of benzene rings is 2. The fourth-order valence-electron chi connectivity index (χ4n) is 2.97. The van der Waals surface area contributed by atoms with Crippen LogP contribution in [-0.4, -0.2) is 40.8 Å². The molecule has 1 aliphatic rings. The number of hydrogen-bond acceptors (Lipinski definition) is 3. The summed E-state index contributed by atoms with van der Waals surface area (Å²) in [7, 11) is 1.69. The standard InChI is InChI=1S/C20H19Cl2FN2O2S/c1-25(10-13-4-7-15(21)16(22)8-13)20(27)17-11-28-18(19(26)24-17)9-12-2-5-14(23)6-3-12/h2-8,17-18H,9-11H2,1H3,(H,24,26). The van der Waals surface area contributed by atoms with Crippen LogP contribution in [0, 0.1) is 5.82 Å². The molecular weight excluding hydrogens is 422 g/mol. The average Bonchev–Trinajstić information content (AvgIpc) is 2.67. The van der Waals surface area contributed by atoms with Crippen molar-refractivity contribution >= 4 is 46.8 Å². The number of nitrogens with zero attached hydrogens (tertiary/aromatic N) is 1. The van der Waals surface area contributed by atoms with Gasteiger partial charge in [0.25, 0.3) is 0 Å². The highest BCUT2D eigenvalue weighted by Gasteiger charge is 2.33.